The van der Waals surface area contributed by atoms with Crippen molar-refractivity contribution in [2.24, 2.45) is 11.5 Å². The molecule has 0 aromatic carbocycles. The van der Waals surface area contributed by atoms with E-state index in [9.17, 15) is 19.2 Å². The van der Waals surface area contributed by atoms with E-state index in [4.69, 9.17) is 30.4 Å². The van der Waals surface area contributed by atoms with Gasteiger partial charge in [-0.2, -0.15) is 0 Å². The summed E-state index contributed by atoms with van der Waals surface area (Å²) >= 11 is 0. The fourth-order valence-electron chi connectivity index (χ4n) is 2.17. The molecule has 6 N–H and O–H groups in total. The molecule has 0 saturated carbocycles. The number of ether oxygens (including phenoxy) is 4. The molecule has 20 heteroatoms. The summed E-state index contributed by atoms with van der Waals surface area (Å²) in [7, 11) is 6.25. The minimum atomic E-state index is -0.447. The van der Waals surface area contributed by atoms with Crippen LogP contribution in [-0.2, 0) is 18.9 Å². The zero-order valence-electron chi connectivity index (χ0n) is 26.8. The molecule has 16 nitrogen and oxygen atoms in total. The highest BCUT2D eigenvalue weighted by Gasteiger charge is 2.06. The summed E-state index contributed by atoms with van der Waals surface area (Å²) in [6.45, 7) is 11.5. The van der Waals surface area contributed by atoms with Crippen LogP contribution in [0, 0.1) is 0 Å². The summed E-state index contributed by atoms with van der Waals surface area (Å²) in [4.78, 5) is 52.2. The highest BCUT2D eigenvalue weighted by molar-refractivity contribution is 8.77. The highest BCUT2D eigenvalue weighted by atomic mass is 33.1. The molecule has 0 spiro atoms. The maximum Gasteiger partial charge on any atom is 0.419 e. The molecule has 0 aliphatic heterocycles. The molecule has 0 radical (unpaired) electrons. The van der Waals surface area contributed by atoms with Gasteiger partial charge in [0.05, 0.1) is 0 Å². The number of nitrogens with two attached hydrogens (primary N) is 2. The van der Waals surface area contributed by atoms with E-state index in [0.29, 0.717) is 62.5 Å². The molecule has 0 bridgehead atoms. The molecule has 2 rings (SSSR count). The van der Waals surface area contributed by atoms with Gasteiger partial charge in [0.25, 0.3) is 0 Å². The van der Waals surface area contributed by atoms with Gasteiger partial charge in [-0.1, -0.05) is 64.4 Å². The van der Waals surface area contributed by atoms with E-state index in [-0.39, 0.29) is 19.6 Å². The Morgan fingerprint density at radius 3 is 1.17 bits per heavy atom. The van der Waals surface area contributed by atoms with Crippen LogP contribution < -0.4 is 22.1 Å². The molecule has 2 aromatic rings. The fraction of sp³-hybridized carbons (Fsp3) is 0.630. The van der Waals surface area contributed by atoms with Gasteiger partial charge < -0.3 is 41.0 Å². The predicted molar refractivity (Wildman–Crippen MR) is 194 cm³/mol. The normalized spacial score (nSPS) is 9.32. The van der Waals surface area contributed by atoms with Crippen LogP contribution in [0.5, 0.6) is 0 Å². The Bertz CT molecular complexity index is 915. The van der Waals surface area contributed by atoms with E-state index < -0.39 is 12.2 Å². The lowest BCUT2D eigenvalue weighted by molar-refractivity contribution is 0.153. The van der Waals surface area contributed by atoms with Crippen LogP contribution in [0.25, 0.3) is 0 Å². The van der Waals surface area contributed by atoms with Crippen molar-refractivity contribution in [3.63, 3.8) is 0 Å². The third-order valence-corrected chi connectivity index (χ3v) is 8.49. The fourth-order valence-corrected chi connectivity index (χ4v) is 5.48. The molecular formula is C27H52N8O8S4. The number of hydrogen-bond donors (Lipinski definition) is 4. The van der Waals surface area contributed by atoms with Gasteiger partial charge in [0, 0.05) is 60.9 Å². The van der Waals surface area contributed by atoms with Crippen LogP contribution in [0.3, 0.4) is 0 Å². The molecule has 47 heavy (non-hydrogen) atoms. The average Bonchev–Trinajstić information content (AvgIpc) is 3.77. The first-order chi connectivity index (χ1) is 22.3. The molecule has 0 fully saturated rings. The molecule has 0 saturated heterocycles. The predicted octanol–water partition coefficient (Wildman–Crippen LogP) is 4.56. The number of nitrogens with zero attached hydrogens (tertiary/aromatic N) is 4. The van der Waals surface area contributed by atoms with Crippen LogP contribution in [0.2, 0.25) is 0 Å². The number of imidazole rings is 2. The Morgan fingerprint density at radius 2 is 0.915 bits per heavy atom. The second-order valence-corrected chi connectivity index (χ2v) is 13.0. The van der Waals surface area contributed by atoms with E-state index in [1.165, 1.54) is 46.6 Å². The monoisotopic (exact) mass is 744 g/mol. The van der Waals surface area contributed by atoms with Crippen molar-refractivity contribution in [3.05, 3.63) is 37.4 Å². The zero-order valence-corrected chi connectivity index (χ0v) is 30.1. The van der Waals surface area contributed by atoms with Crippen LogP contribution >= 0.6 is 43.2 Å². The van der Waals surface area contributed by atoms with Crippen molar-refractivity contribution < 1.29 is 38.1 Å². The molecule has 272 valence electrons. The number of nitrogens with one attached hydrogen (secondary N) is 2. The highest BCUT2D eigenvalue weighted by Crippen LogP contribution is 2.21. The quantitative estimate of drug-likeness (QED) is 0.105. The van der Waals surface area contributed by atoms with Crippen LogP contribution in [0.15, 0.2) is 37.4 Å². The average molecular weight is 745 g/mol. The van der Waals surface area contributed by atoms with Gasteiger partial charge >= 0.3 is 24.4 Å². The van der Waals surface area contributed by atoms with Crippen molar-refractivity contribution in [1.82, 2.24) is 29.7 Å². The lowest BCUT2D eigenvalue weighted by Crippen LogP contribution is -2.24. The topological polar surface area (TPSA) is 217 Å². The number of alkyl carbamates (subject to hydrolysis) is 2. The third-order valence-electron chi connectivity index (χ3n) is 3.82. The van der Waals surface area contributed by atoms with E-state index in [2.05, 4.69) is 20.6 Å². The van der Waals surface area contributed by atoms with E-state index in [0.717, 1.165) is 13.1 Å². The van der Waals surface area contributed by atoms with Gasteiger partial charge in [0.2, 0.25) is 0 Å². The third kappa shape index (κ3) is 32.9. The summed E-state index contributed by atoms with van der Waals surface area (Å²) in [5.41, 5.74) is 9.69. The summed E-state index contributed by atoms with van der Waals surface area (Å²) in [5.74, 6) is 2.73. The van der Waals surface area contributed by atoms with Crippen molar-refractivity contribution in [2.45, 2.75) is 35.1 Å². The Balaban J connectivity index is -0.000000703. The Kier molecular flexibility index (Phi) is 39.0. The summed E-state index contributed by atoms with van der Waals surface area (Å²) in [6.07, 6.45) is 7.18. The molecule has 0 unspecified atom stereocenters. The van der Waals surface area contributed by atoms with E-state index in [1.54, 1.807) is 43.2 Å². The van der Waals surface area contributed by atoms with Gasteiger partial charge in [-0.05, 0) is 26.9 Å². The van der Waals surface area contributed by atoms with Crippen molar-refractivity contribution in [3.8, 4) is 0 Å². The van der Waals surface area contributed by atoms with E-state index >= 15 is 0 Å². The van der Waals surface area contributed by atoms with Gasteiger partial charge in [-0.25, -0.2) is 38.3 Å². The Labute approximate surface area is 294 Å². The Morgan fingerprint density at radius 1 is 0.617 bits per heavy atom. The maximum atomic E-state index is 11.4. The largest absolute Gasteiger partial charge is 0.449 e. The first-order valence-electron chi connectivity index (χ1n) is 14.3. The number of carbonyl (C=O) groups is 4. The second kappa shape index (κ2) is 37.7. The summed E-state index contributed by atoms with van der Waals surface area (Å²) in [6, 6.07) is 0. The zero-order chi connectivity index (χ0) is 34.7. The first-order valence-corrected chi connectivity index (χ1v) is 19.3. The second-order valence-electron chi connectivity index (χ2n) is 7.61. The van der Waals surface area contributed by atoms with Crippen LogP contribution in [0.4, 0.5) is 19.2 Å². The minimum Gasteiger partial charge on any atom is -0.449 e. The lowest BCUT2D eigenvalue weighted by atomic mass is 10.7. The Hall–Kier alpha value is -2.78. The lowest BCUT2D eigenvalue weighted by Gasteiger charge is -2.05. The van der Waals surface area contributed by atoms with E-state index in [1.807, 2.05) is 27.7 Å². The minimum absolute atomic E-state index is 0. The van der Waals surface area contributed by atoms with Crippen LogP contribution in [0.1, 0.15) is 35.1 Å². The molecule has 0 aliphatic rings. The van der Waals surface area contributed by atoms with Crippen LogP contribution in [-0.4, -0.2) is 119 Å². The number of aromatic nitrogens is 4. The van der Waals surface area contributed by atoms with Crippen molar-refractivity contribution >= 4 is 67.5 Å². The molecule has 2 heterocycles. The van der Waals surface area contributed by atoms with Gasteiger partial charge in [-0.3, -0.25) is 0 Å². The standard InChI is InChI=1S/C12H14N4O4S2.C10H20N2O4S2.2C2H7N.CH4/c17-11(15-3-1-13-9-15)19-5-7-21-22-8-6-20-12(18)16-4-2-14-10-16;1-3-11-9(13)15-5-7-17-18-8-6-16-10(14)12-4-2;2*1-2-3;/h1-4,9-10H,5-8H2;3-8H2,1-2H3,(H,11,13)(H,12,14);2*2-3H2,1H3;1H4. The first kappa shape index (κ1) is 48.6. The number of carbonyl (C=O) groups excluding carboxylic acids is 4. The van der Waals surface area contributed by atoms with Crippen molar-refractivity contribution in [2.75, 3.05) is 75.6 Å². The summed E-state index contributed by atoms with van der Waals surface area (Å²) in [5, 5.41) is 5.08. The molecule has 0 atom stereocenters. The molecule has 2 amide bonds. The van der Waals surface area contributed by atoms with Gasteiger partial charge in [0.1, 0.15) is 39.1 Å². The molecular weight excluding hydrogens is 693 g/mol. The number of amides is 2. The van der Waals surface area contributed by atoms with Gasteiger partial charge in [-0.15, -0.1) is 0 Å². The molecule has 2 aromatic heterocycles. The molecule has 0 aliphatic carbocycles. The number of rotatable bonds is 16. The summed E-state index contributed by atoms with van der Waals surface area (Å²) < 4.78 is 22.4. The van der Waals surface area contributed by atoms with Gasteiger partial charge in [0.15, 0.2) is 0 Å². The smallest absolute Gasteiger partial charge is 0.419 e. The SMILES string of the molecule is C.CCN.CCN.CCNC(=O)OCCSSCCOC(=O)NCC.O=C(OCCSSCCOC(=O)n1ccnc1)n1ccnc1. The maximum absolute atomic E-state index is 11.4. The van der Waals surface area contributed by atoms with Crippen molar-refractivity contribution in [1.29, 1.82) is 0 Å². The number of hydrogen-bond acceptors (Lipinski definition) is 16.